The molecule has 0 aromatic heterocycles. The van der Waals surface area contributed by atoms with Crippen molar-refractivity contribution in [3.8, 4) is 0 Å². The first-order chi connectivity index (χ1) is 12.7. The van der Waals surface area contributed by atoms with E-state index in [4.69, 9.17) is 17.0 Å². The van der Waals surface area contributed by atoms with Crippen molar-refractivity contribution in [2.75, 3.05) is 12.4 Å². The van der Waals surface area contributed by atoms with Gasteiger partial charge in [-0.25, -0.2) is 4.79 Å². The number of benzene rings is 2. The fourth-order valence-corrected chi connectivity index (χ4v) is 3.52. The molecule has 0 saturated carbocycles. The lowest BCUT2D eigenvalue weighted by molar-refractivity contribution is 0.0601. The summed E-state index contributed by atoms with van der Waals surface area (Å²) in [6, 6.07) is 16.0. The average Bonchev–Trinajstić information content (AvgIpc) is 2.63. The first kappa shape index (κ1) is 20.9. The van der Waals surface area contributed by atoms with Crippen LogP contribution in [0.4, 0.5) is 5.69 Å². The van der Waals surface area contributed by atoms with Gasteiger partial charge >= 0.3 is 5.97 Å². The molecule has 0 fully saturated rings. The molecule has 4 nitrogen and oxygen atoms in total. The molecule has 2 N–H and O–H groups in total. The van der Waals surface area contributed by atoms with Crippen molar-refractivity contribution in [3.63, 3.8) is 0 Å². The van der Waals surface area contributed by atoms with Crippen LogP contribution < -0.4 is 10.6 Å². The molecule has 2 rings (SSSR count). The Hall–Kier alpha value is -2.40. The molecule has 0 aliphatic rings. The summed E-state index contributed by atoms with van der Waals surface area (Å²) in [4.78, 5) is 11.7. The lowest BCUT2D eigenvalue weighted by Crippen LogP contribution is -2.39. The van der Waals surface area contributed by atoms with Gasteiger partial charge in [0.05, 0.1) is 12.7 Å². The van der Waals surface area contributed by atoms with E-state index in [1.54, 1.807) is 12.1 Å². The quantitative estimate of drug-likeness (QED) is 0.552. The van der Waals surface area contributed by atoms with Gasteiger partial charge in [0, 0.05) is 11.7 Å². The van der Waals surface area contributed by atoms with Crippen molar-refractivity contribution < 1.29 is 9.53 Å². The molecule has 0 spiro atoms. The van der Waals surface area contributed by atoms with Crippen LogP contribution in [0.3, 0.4) is 0 Å². The van der Waals surface area contributed by atoms with E-state index in [0.717, 1.165) is 17.7 Å². The van der Waals surface area contributed by atoms with Gasteiger partial charge < -0.3 is 15.4 Å². The number of ether oxygens (including phenoxy) is 1. The third-order valence-corrected chi connectivity index (χ3v) is 4.88. The first-order valence-electron chi connectivity index (χ1n) is 9.05. The number of carbonyl (C=O) groups is 1. The number of hydrogen-bond acceptors (Lipinski definition) is 3. The molecule has 144 valence electrons. The molecule has 0 unspecified atom stereocenters. The van der Waals surface area contributed by atoms with E-state index >= 15 is 0 Å². The van der Waals surface area contributed by atoms with Gasteiger partial charge in [-0.2, -0.15) is 0 Å². The number of nitrogens with one attached hydrogen (secondary N) is 2. The fraction of sp³-hybridized carbons (Fsp3) is 0.364. The summed E-state index contributed by atoms with van der Waals surface area (Å²) in [5, 5.41) is 7.09. The van der Waals surface area contributed by atoms with Gasteiger partial charge in [0.15, 0.2) is 5.11 Å². The molecule has 2 aromatic carbocycles. The van der Waals surface area contributed by atoms with Crippen LogP contribution in [0.5, 0.6) is 0 Å². The highest BCUT2D eigenvalue weighted by molar-refractivity contribution is 7.80. The molecule has 0 amide bonds. The molecular weight excluding hydrogens is 356 g/mol. The minimum absolute atomic E-state index is 0.0318. The van der Waals surface area contributed by atoms with Crippen molar-refractivity contribution in [3.05, 3.63) is 65.2 Å². The monoisotopic (exact) mass is 384 g/mol. The van der Waals surface area contributed by atoms with Crippen LogP contribution in [0.15, 0.2) is 48.5 Å². The Bertz CT molecular complexity index is 803. The maximum Gasteiger partial charge on any atom is 0.337 e. The minimum atomic E-state index is -0.366. The number of thiocarbonyl (C=S) groups is 1. The van der Waals surface area contributed by atoms with Crippen molar-refractivity contribution in [1.29, 1.82) is 0 Å². The largest absolute Gasteiger partial charge is 0.465 e. The predicted molar refractivity (Wildman–Crippen MR) is 115 cm³/mol. The molecule has 1 atom stereocenters. The van der Waals surface area contributed by atoms with Crippen LogP contribution in [-0.4, -0.2) is 24.2 Å². The molecule has 0 heterocycles. The van der Waals surface area contributed by atoms with Gasteiger partial charge in [-0.1, -0.05) is 50.2 Å². The highest BCUT2D eigenvalue weighted by Gasteiger charge is 2.23. The molecule has 5 heteroatoms. The Morgan fingerprint density at radius 2 is 1.85 bits per heavy atom. The zero-order valence-electron chi connectivity index (χ0n) is 16.6. The number of aryl methyl sites for hydroxylation is 1. The van der Waals surface area contributed by atoms with Crippen LogP contribution >= 0.6 is 12.2 Å². The number of anilines is 1. The lowest BCUT2D eigenvalue weighted by atomic mass is 9.79. The van der Waals surface area contributed by atoms with E-state index in [2.05, 4.69) is 55.7 Å². The summed E-state index contributed by atoms with van der Waals surface area (Å²) in [6.45, 7) is 8.56. The fourth-order valence-electron chi connectivity index (χ4n) is 3.21. The molecule has 2 aromatic rings. The zero-order valence-corrected chi connectivity index (χ0v) is 17.4. The van der Waals surface area contributed by atoms with E-state index in [1.807, 2.05) is 19.1 Å². The smallest absolute Gasteiger partial charge is 0.337 e. The number of rotatable bonds is 6. The number of hydrogen-bond donors (Lipinski definition) is 2. The Kier molecular flexibility index (Phi) is 6.97. The van der Waals surface area contributed by atoms with Gasteiger partial charge in [-0.05, 0) is 61.2 Å². The SMILES string of the molecule is COC(=O)c1ccc(C)c(NC(=S)N[C@@H](C)CC(C)(C)c2ccccc2)c1. The maximum atomic E-state index is 11.7. The van der Waals surface area contributed by atoms with Crippen LogP contribution in [-0.2, 0) is 10.2 Å². The molecule has 0 saturated heterocycles. The molecular formula is C22H28N2O2S. The van der Waals surface area contributed by atoms with E-state index in [0.29, 0.717) is 10.7 Å². The van der Waals surface area contributed by atoms with Gasteiger partial charge in [0.25, 0.3) is 0 Å². The van der Waals surface area contributed by atoms with E-state index in [1.165, 1.54) is 12.7 Å². The maximum absolute atomic E-state index is 11.7. The minimum Gasteiger partial charge on any atom is -0.465 e. The molecule has 0 radical (unpaired) electrons. The van der Waals surface area contributed by atoms with E-state index in [9.17, 15) is 4.79 Å². The van der Waals surface area contributed by atoms with Crippen molar-refractivity contribution in [1.82, 2.24) is 5.32 Å². The highest BCUT2D eigenvalue weighted by atomic mass is 32.1. The second-order valence-corrected chi connectivity index (χ2v) is 7.88. The standard InChI is InChI=1S/C22H28N2O2S/c1-15-11-12-17(20(25)26-5)13-19(15)24-21(27)23-16(2)14-22(3,4)18-9-7-6-8-10-18/h6-13,16H,14H2,1-5H3,(H2,23,24,27)/t16-/m0/s1. The zero-order chi connectivity index (χ0) is 20.0. The topological polar surface area (TPSA) is 50.4 Å². The second-order valence-electron chi connectivity index (χ2n) is 7.47. The van der Waals surface area contributed by atoms with Crippen LogP contribution in [0, 0.1) is 6.92 Å². The van der Waals surface area contributed by atoms with Gasteiger partial charge in [0.1, 0.15) is 0 Å². The summed E-state index contributed by atoms with van der Waals surface area (Å²) in [7, 11) is 1.37. The van der Waals surface area contributed by atoms with Gasteiger partial charge in [0.2, 0.25) is 0 Å². The average molecular weight is 385 g/mol. The summed E-state index contributed by atoms with van der Waals surface area (Å²) in [5.41, 5.74) is 3.63. The first-order valence-corrected chi connectivity index (χ1v) is 9.46. The third-order valence-electron chi connectivity index (χ3n) is 4.66. The third kappa shape index (κ3) is 5.79. The molecule has 27 heavy (non-hydrogen) atoms. The molecule has 0 bridgehead atoms. The number of carbonyl (C=O) groups excluding carboxylic acids is 1. The Labute approximate surface area is 167 Å². The molecule has 0 aliphatic heterocycles. The van der Waals surface area contributed by atoms with Crippen LogP contribution in [0.25, 0.3) is 0 Å². The highest BCUT2D eigenvalue weighted by Crippen LogP contribution is 2.28. The lowest BCUT2D eigenvalue weighted by Gasteiger charge is -2.30. The Morgan fingerprint density at radius 3 is 2.48 bits per heavy atom. The summed E-state index contributed by atoms with van der Waals surface area (Å²) < 4.78 is 4.78. The Balaban J connectivity index is 2.00. The number of esters is 1. The van der Waals surface area contributed by atoms with Crippen molar-refractivity contribution in [2.24, 2.45) is 0 Å². The van der Waals surface area contributed by atoms with E-state index < -0.39 is 0 Å². The second kappa shape index (κ2) is 9.00. The van der Waals surface area contributed by atoms with Crippen LogP contribution in [0.1, 0.15) is 48.7 Å². The summed E-state index contributed by atoms with van der Waals surface area (Å²) in [5.74, 6) is -0.366. The predicted octanol–water partition coefficient (Wildman–Crippen LogP) is 4.82. The summed E-state index contributed by atoms with van der Waals surface area (Å²) in [6.07, 6.45) is 0.931. The van der Waals surface area contributed by atoms with Gasteiger partial charge in [-0.3, -0.25) is 0 Å². The van der Waals surface area contributed by atoms with Crippen LogP contribution in [0.2, 0.25) is 0 Å². The molecule has 0 aliphatic carbocycles. The van der Waals surface area contributed by atoms with E-state index in [-0.39, 0.29) is 17.4 Å². The Morgan fingerprint density at radius 1 is 1.19 bits per heavy atom. The van der Waals surface area contributed by atoms with Gasteiger partial charge in [-0.15, -0.1) is 0 Å². The van der Waals surface area contributed by atoms with Crippen molar-refractivity contribution >= 4 is 29.0 Å². The number of methoxy groups -OCH3 is 1. The van der Waals surface area contributed by atoms with Crippen molar-refractivity contribution in [2.45, 2.75) is 45.6 Å². The summed E-state index contributed by atoms with van der Waals surface area (Å²) >= 11 is 5.48. The normalized spacial score (nSPS) is 12.2.